The lowest BCUT2D eigenvalue weighted by Crippen LogP contribution is -2.30. The maximum atomic E-state index is 13.5. The molecule has 0 aliphatic rings. The normalized spacial score (nSPS) is 11.6. The number of rotatable bonds is 12. The first-order valence-corrected chi connectivity index (χ1v) is 15.6. The van der Waals surface area contributed by atoms with Crippen LogP contribution in [0.25, 0.3) is 6.08 Å². The number of thioether (sulfide) groups is 1. The second-order valence-corrected chi connectivity index (χ2v) is 11.7. The van der Waals surface area contributed by atoms with Crippen LogP contribution in [0.5, 0.6) is 5.75 Å². The van der Waals surface area contributed by atoms with Crippen molar-refractivity contribution >= 4 is 46.9 Å². The Kier molecular flexibility index (Phi) is 11.0. The van der Waals surface area contributed by atoms with Crippen LogP contribution in [0.2, 0.25) is 0 Å². The van der Waals surface area contributed by atoms with Gasteiger partial charge in [-0.15, -0.1) is 11.8 Å². The number of carbonyl (C=O) groups is 3. The van der Waals surface area contributed by atoms with E-state index in [4.69, 9.17) is 4.74 Å². The molecule has 0 heterocycles. The van der Waals surface area contributed by atoms with Gasteiger partial charge in [-0.1, -0.05) is 78.9 Å². The summed E-state index contributed by atoms with van der Waals surface area (Å²) in [4.78, 5) is 40.0. The van der Waals surface area contributed by atoms with E-state index in [2.05, 4.69) is 16.0 Å². The summed E-state index contributed by atoms with van der Waals surface area (Å²) in [6.07, 6.45) is 1.62. The van der Waals surface area contributed by atoms with E-state index in [1.807, 2.05) is 110 Å². The first kappa shape index (κ1) is 31.8. The second kappa shape index (κ2) is 15.9. The molecule has 230 valence electrons. The Morgan fingerprint density at radius 2 is 1.28 bits per heavy atom. The summed E-state index contributed by atoms with van der Waals surface area (Å²) in [5.74, 6) is -0.303. The van der Waals surface area contributed by atoms with E-state index < -0.39 is 11.8 Å². The van der Waals surface area contributed by atoms with Crippen LogP contribution in [-0.4, -0.2) is 23.0 Å². The molecule has 5 aromatic carbocycles. The number of para-hydroxylation sites is 1. The molecule has 3 N–H and O–H groups in total. The molecule has 0 radical (unpaired) electrons. The Morgan fingerprint density at radius 3 is 1.93 bits per heavy atom. The highest BCUT2D eigenvalue weighted by Gasteiger charge is 2.17. The number of nitrogens with one attached hydrogen (secondary N) is 3. The summed E-state index contributed by atoms with van der Waals surface area (Å²) < 4.78 is 5.88. The van der Waals surface area contributed by atoms with Crippen LogP contribution in [0.1, 0.15) is 28.4 Å². The fourth-order valence-corrected chi connectivity index (χ4v) is 5.22. The lowest BCUT2D eigenvalue weighted by molar-refractivity contribution is -0.115. The standard InChI is InChI=1S/C38H33N3O4S/c1-27(36(42)39-31-15-9-4-10-16-31)46-34-23-19-32(20-24-34)40-38(44)35(41-37(43)30-13-7-3-8-14-30)25-28-17-21-33(22-18-28)45-26-29-11-5-2-6-12-29/h2-25,27H,26H2,1H3,(H,39,42)(H,40,44)(H,41,43)/b35-25-. The van der Waals surface area contributed by atoms with Crippen molar-refractivity contribution in [1.29, 1.82) is 0 Å². The van der Waals surface area contributed by atoms with Gasteiger partial charge in [0.1, 0.15) is 18.1 Å². The molecule has 0 aliphatic carbocycles. The van der Waals surface area contributed by atoms with Crippen LogP contribution in [-0.2, 0) is 16.2 Å². The number of carbonyl (C=O) groups excluding carboxylic acids is 3. The Bertz CT molecular complexity index is 1780. The molecule has 0 bridgehead atoms. The zero-order chi connectivity index (χ0) is 32.1. The van der Waals surface area contributed by atoms with E-state index in [1.165, 1.54) is 11.8 Å². The molecular weight excluding hydrogens is 595 g/mol. The van der Waals surface area contributed by atoms with Crippen molar-refractivity contribution in [2.75, 3.05) is 10.6 Å². The van der Waals surface area contributed by atoms with Crippen LogP contribution in [0, 0.1) is 0 Å². The van der Waals surface area contributed by atoms with Gasteiger partial charge in [0, 0.05) is 21.8 Å². The second-order valence-electron chi connectivity index (χ2n) is 10.3. The molecule has 7 nitrogen and oxygen atoms in total. The molecule has 0 fully saturated rings. The molecule has 0 saturated carbocycles. The van der Waals surface area contributed by atoms with E-state index >= 15 is 0 Å². The van der Waals surface area contributed by atoms with E-state index in [0.29, 0.717) is 29.2 Å². The largest absolute Gasteiger partial charge is 0.489 e. The summed E-state index contributed by atoms with van der Waals surface area (Å²) in [7, 11) is 0. The minimum Gasteiger partial charge on any atom is -0.489 e. The first-order valence-electron chi connectivity index (χ1n) is 14.7. The molecule has 5 rings (SSSR count). The molecule has 46 heavy (non-hydrogen) atoms. The smallest absolute Gasteiger partial charge is 0.272 e. The highest BCUT2D eigenvalue weighted by Crippen LogP contribution is 2.26. The summed E-state index contributed by atoms with van der Waals surface area (Å²) in [6, 6.07) is 42.4. The van der Waals surface area contributed by atoms with Gasteiger partial charge < -0.3 is 20.7 Å². The van der Waals surface area contributed by atoms with Crippen LogP contribution in [0.3, 0.4) is 0 Å². The van der Waals surface area contributed by atoms with Crippen molar-refractivity contribution in [2.24, 2.45) is 0 Å². The molecule has 0 spiro atoms. The SMILES string of the molecule is CC(Sc1ccc(NC(=O)/C(=C/c2ccc(OCc3ccccc3)cc2)NC(=O)c2ccccc2)cc1)C(=O)Nc1ccccc1. The zero-order valence-electron chi connectivity index (χ0n) is 25.2. The predicted octanol–water partition coefficient (Wildman–Crippen LogP) is 7.79. The molecule has 1 unspecified atom stereocenters. The van der Waals surface area contributed by atoms with E-state index in [-0.39, 0.29) is 16.9 Å². The molecule has 1 atom stereocenters. The van der Waals surface area contributed by atoms with Gasteiger partial charge in [0.15, 0.2) is 0 Å². The van der Waals surface area contributed by atoms with E-state index in [9.17, 15) is 14.4 Å². The minimum absolute atomic E-state index is 0.0801. The summed E-state index contributed by atoms with van der Waals surface area (Å²) in [5, 5.41) is 8.21. The monoisotopic (exact) mass is 627 g/mol. The van der Waals surface area contributed by atoms with Crippen molar-refractivity contribution in [3.8, 4) is 5.75 Å². The first-order chi connectivity index (χ1) is 22.4. The molecular formula is C38H33N3O4S. The van der Waals surface area contributed by atoms with Crippen LogP contribution >= 0.6 is 11.8 Å². The van der Waals surface area contributed by atoms with Gasteiger partial charge in [-0.05, 0) is 84.8 Å². The third-order valence-electron chi connectivity index (χ3n) is 6.80. The van der Waals surface area contributed by atoms with E-state index in [1.54, 1.807) is 42.5 Å². The predicted molar refractivity (Wildman–Crippen MR) is 185 cm³/mol. The van der Waals surface area contributed by atoms with Crippen molar-refractivity contribution in [3.05, 3.63) is 162 Å². The van der Waals surface area contributed by atoms with Gasteiger partial charge in [-0.3, -0.25) is 14.4 Å². The molecule has 3 amide bonds. The molecule has 5 aromatic rings. The number of anilines is 2. The van der Waals surface area contributed by atoms with Gasteiger partial charge in [0.25, 0.3) is 11.8 Å². The fraction of sp³-hybridized carbons (Fsp3) is 0.0789. The fourth-order valence-electron chi connectivity index (χ4n) is 4.35. The third kappa shape index (κ3) is 9.45. The van der Waals surface area contributed by atoms with Gasteiger partial charge in [0.05, 0.1) is 5.25 Å². The molecule has 0 aliphatic heterocycles. The molecule has 8 heteroatoms. The highest BCUT2D eigenvalue weighted by atomic mass is 32.2. The number of ether oxygens (including phenoxy) is 1. The van der Waals surface area contributed by atoms with Crippen LogP contribution in [0.4, 0.5) is 11.4 Å². The van der Waals surface area contributed by atoms with Gasteiger partial charge in [0.2, 0.25) is 5.91 Å². The maximum Gasteiger partial charge on any atom is 0.272 e. The maximum absolute atomic E-state index is 13.5. The average Bonchev–Trinajstić information content (AvgIpc) is 3.09. The lowest BCUT2D eigenvalue weighted by atomic mass is 10.1. The Hall–Kier alpha value is -5.60. The Balaban J connectivity index is 1.25. The topological polar surface area (TPSA) is 96.5 Å². The number of hydrogen-bond acceptors (Lipinski definition) is 5. The van der Waals surface area contributed by atoms with Crippen molar-refractivity contribution in [1.82, 2.24) is 5.32 Å². The van der Waals surface area contributed by atoms with Crippen molar-refractivity contribution in [3.63, 3.8) is 0 Å². The number of benzene rings is 5. The summed E-state index contributed by atoms with van der Waals surface area (Å²) in [5.41, 5.74) is 3.56. The summed E-state index contributed by atoms with van der Waals surface area (Å²) >= 11 is 1.41. The van der Waals surface area contributed by atoms with Gasteiger partial charge >= 0.3 is 0 Å². The minimum atomic E-state index is -0.482. The van der Waals surface area contributed by atoms with E-state index in [0.717, 1.165) is 16.1 Å². The zero-order valence-corrected chi connectivity index (χ0v) is 26.0. The Labute approximate surface area is 272 Å². The van der Waals surface area contributed by atoms with Crippen LogP contribution in [0.15, 0.2) is 150 Å². The third-order valence-corrected chi connectivity index (χ3v) is 7.92. The quantitative estimate of drug-likeness (QED) is 0.0969. The molecule has 0 aromatic heterocycles. The Morgan fingerprint density at radius 1 is 0.696 bits per heavy atom. The van der Waals surface area contributed by atoms with Gasteiger partial charge in [-0.25, -0.2) is 0 Å². The van der Waals surface area contributed by atoms with Crippen molar-refractivity contribution in [2.45, 2.75) is 23.7 Å². The summed E-state index contributed by atoms with van der Waals surface area (Å²) in [6.45, 7) is 2.28. The van der Waals surface area contributed by atoms with Crippen LogP contribution < -0.4 is 20.7 Å². The van der Waals surface area contributed by atoms with Crippen molar-refractivity contribution < 1.29 is 19.1 Å². The highest BCUT2D eigenvalue weighted by molar-refractivity contribution is 8.00. The number of hydrogen-bond donors (Lipinski definition) is 3. The number of amides is 3. The van der Waals surface area contributed by atoms with Gasteiger partial charge in [-0.2, -0.15) is 0 Å². The molecule has 0 saturated heterocycles. The lowest BCUT2D eigenvalue weighted by Gasteiger charge is -2.14. The average molecular weight is 628 g/mol.